The molecule has 1 amide bonds. The number of anilines is 1. The molecule has 60 valence electrons. The largest absolute Gasteiger partial charge is 0.385 e. The molecule has 0 spiro atoms. The van der Waals surface area contributed by atoms with Gasteiger partial charge in [-0.3, -0.25) is 10.2 Å². The van der Waals surface area contributed by atoms with Crippen LogP contribution in [-0.2, 0) is 0 Å². The topological polar surface area (TPSA) is 96.9 Å². The van der Waals surface area contributed by atoms with Crippen LogP contribution in [0.25, 0.3) is 0 Å². The molecule has 5 nitrogen and oxygen atoms in total. The van der Waals surface area contributed by atoms with Gasteiger partial charge in [0.15, 0.2) is 5.95 Å². The Bertz CT molecular complexity index is 282. The van der Waals surface area contributed by atoms with Gasteiger partial charge in [0.05, 0.1) is 5.56 Å². The number of aromatic amines is 1. The standard InChI is InChI=1S/C5H7FN4O/c6-3-1-2(4(7)9-3)5(11)10-8/h1,9H,7-8H2,(H,10,11). The van der Waals surface area contributed by atoms with E-state index in [4.69, 9.17) is 11.6 Å². The number of hydrogen-bond donors (Lipinski definition) is 4. The van der Waals surface area contributed by atoms with Crippen LogP contribution in [-0.4, -0.2) is 10.9 Å². The van der Waals surface area contributed by atoms with Gasteiger partial charge in [0.1, 0.15) is 5.82 Å². The highest BCUT2D eigenvalue weighted by Crippen LogP contribution is 2.10. The van der Waals surface area contributed by atoms with Gasteiger partial charge in [-0.15, -0.1) is 0 Å². The number of nitrogen functional groups attached to an aromatic ring is 2. The zero-order chi connectivity index (χ0) is 8.43. The summed E-state index contributed by atoms with van der Waals surface area (Å²) >= 11 is 0. The molecule has 11 heavy (non-hydrogen) atoms. The lowest BCUT2D eigenvalue weighted by Gasteiger charge is -1.94. The van der Waals surface area contributed by atoms with E-state index < -0.39 is 11.9 Å². The Labute approximate surface area is 61.5 Å². The van der Waals surface area contributed by atoms with Crippen molar-refractivity contribution < 1.29 is 9.18 Å². The Morgan fingerprint density at radius 2 is 2.36 bits per heavy atom. The van der Waals surface area contributed by atoms with Gasteiger partial charge < -0.3 is 10.7 Å². The summed E-state index contributed by atoms with van der Waals surface area (Å²) in [6, 6.07) is 0.970. The average molecular weight is 158 g/mol. The lowest BCUT2D eigenvalue weighted by atomic mass is 10.3. The Morgan fingerprint density at radius 1 is 1.73 bits per heavy atom. The predicted molar refractivity (Wildman–Crippen MR) is 36.8 cm³/mol. The van der Waals surface area contributed by atoms with Crippen LogP contribution >= 0.6 is 0 Å². The Hall–Kier alpha value is -1.56. The van der Waals surface area contributed by atoms with E-state index >= 15 is 0 Å². The maximum atomic E-state index is 12.3. The number of H-pyrrole nitrogens is 1. The van der Waals surface area contributed by atoms with Crippen LogP contribution in [0.3, 0.4) is 0 Å². The maximum Gasteiger partial charge on any atom is 0.269 e. The van der Waals surface area contributed by atoms with Gasteiger partial charge >= 0.3 is 0 Å². The van der Waals surface area contributed by atoms with Crippen LogP contribution in [0.1, 0.15) is 10.4 Å². The maximum absolute atomic E-state index is 12.3. The Balaban J connectivity index is 3.03. The van der Waals surface area contributed by atoms with Crippen molar-refractivity contribution in [3.63, 3.8) is 0 Å². The number of carbonyl (C=O) groups is 1. The van der Waals surface area contributed by atoms with Crippen LogP contribution in [0.2, 0.25) is 0 Å². The lowest BCUT2D eigenvalue weighted by molar-refractivity contribution is 0.0954. The molecular weight excluding hydrogens is 151 g/mol. The zero-order valence-electron chi connectivity index (χ0n) is 5.52. The van der Waals surface area contributed by atoms with Crippen molar-refractivity contribution in [1.29, 1.82) is 0 Å². The summed E-state index contributed by atoms with van der Waals surface area (Å²) in [5.41, 5.74) is 7.04. The smallest absolute Gasteiger partial charge is 0.269 e. The predicted octanol–water partition coefficient (Wildman–Crippen LogP) is -0.661. The highest BCUT2D eigenvalue weighted by molar-refractivity contribution is 5.98. The fourth-order valence-corrected chi connectivity index (χ4v) is 0.702. The van der Waals surface area contributed by atoms with Crippen molar-refractivity contribution in [2.45, 2.75) is 0 Å². The van der Waals surface area contributed by atoms with E-state index in [0.717, 1.165) is 6.07 Å². The highest BCUT2D eigenvalue weighted by atomic mass is 19.1. The summed E-state index contributed by atoms with van der Waals surface area (Å²) in [7, 11) is 0. The van der Waals surface area contributed by atoms with Gasteiger partial charge in [0.25, 0.3) is 5.91 Å². The molecule has 6 N–H and O–H groups in total. The average Bonchev–Trinajstić information content (AvgIpc) is 2.28. The van der Waals surface area contributed by atoms with Crippen molar-refractivity contribution in [3.8, 4) is 0 Å². The summed E-state index contributed by atoms with van der Waals surface area (Å²) in [6.45, 7) is 0. The molecule has 0 fully saturated rings. The van der Waals surface area contributed by atoms with E-state index in [0.29, 0.717) is 0 Å². The van der Waals surface area contributed by atoms with E-state index in [9.17, 15) is 9.18 Å². The minimum atomic E-state index is -0.666. The fraction of sp³-hybridized carbons (Fsp3) is 0. The first-order chi connectivity index (χ1) is 5.15. The molecule has 1 heterocycles. The van der Waals surface area contributed by atoms with E-state index in [1.54, 1.807) is 0 Å². The fourth-order valence-electron chi connectivity index (χ4n) is 0.702. The normalized spacial score (nSPS) is 9.64. The van der Waals surface area contributed by atoms with Crippen molar-refractivity contribution in [2.75, 3.05) is 5.73 Å². The second-order valence-corrected chi connectivity index (χ2v) is 1.92. The lowest BCUT2D eigenvalue weighted by Crippen LogP contribution is -2.30. The number of rotatable bonds is 1. The molecule has 1 aromatic heterocycles. The molecule has 0 aliphatic carbocycles. The third kappa shape index (κ3) is 1.30. The number of hydrogen-bond acceptors (Lipinski definition) is 3. The van der Waals surface area contributed by atoms with Gasteiger partial charge in [-0.05, 0) is 0 Å². The van der Waals surface area contributed by atoms with E-state index in [-0.39, 0.29) is 11.4 Å². The molecule has 0 aromatic carbocycles. The van der Waals surface area contributed by atoms with E-state index in [1.807, 2.05) is 5.43 Å². The van der Waals surface area contributed by atoms with Gasteiger partial charge in [-0.2, -0.15) is 4.39 Å². The molecule has 0 atom stereocenters. The molecule has 1 rings (SSSR count). The van der Waals surface area contributed by atoms with Gasteiger partial charge in [-0.25, -0.2) is 5.84 Å². The first kappa shape index (κ1) is 7.55. The molecule has 0 radical (unpaired) electrons. The molecule has 0 bridgehead atoms. The van der Waals surface area contributed by atoms with Crippen LogP contribution < -0.4 is 17.0 Å². The van der Waals surface area contributed by atoms with Crippen molar-refractivity contribution in [2.24, 2.45) is 5.84 Å². The van der Waals surface area contributed by atoms with Crippen LogP contribution in [0.15, 0.2) is 6.07 Å². The molecule has 1 aromatic rings. The number of nitrogens with one attached hydrogen (secondary N) is 2. The number of halogens is 1. The summed E-state index contributed by atoms with van der Waals surface area (Å²) < 4.78 is 12.3. The molecule has 0 aliphatic rings. The highest BCUT2D eigenvalue weighted by Gasteiger charge is 2.11. The molecular formula is C5H7FN4O. The van der Waals surface area contributed by atoms with Gasteiger partial charge in [0.2, 0.25) is 0 Å². The van der Waals surface area contributed by atoms with Crippen LogP contribution in [0.5, 0.6) is 0 Å². The Kier molecular flexibility index (Phi) is 1.77. The monoisotopic (exact) mass is 158 g/mol. The minimum absolute atomic E-state index is 0.00463. The molecule has 6 heteroatoms. The van der Waals surface area contributed by atoms with Crippen LogP contribution in [0.4, 0.5) is 10.2 Å². The summed E-state index contributed by atoms with van der Waals surface area (Å²) in [4.78, 5) is 12.9. The number of aromatic nitrogens is 1. The second kappa shape index (κ2) is 2.59. The third-order valence-corrected chi connectivity index (χ3v) is 1.19. The SMILES string of the molecule is NNC(=O)c1cc(F)[nH]c1N. The first-order valence-corrected chi connectivity index (χ1v) is 2.80. The Morgan fingerprint density at radius 3 is 2.73 bits per heavy atom. The number of nitrogens with two attached hydrogens (primary N) is 2. The van der Waals surface area contributed by atoms with E-state index in [1.165, 1.54) is 0 Å². The molecule has 0 saturated carbocycles. The number of amides is 1. The summed E-state index contributed by atoms with van der Waals surface area (Å²) in [5.74, 6) is 3.47. The molecule has 0 saturated heterocycles. The van der Waals surface area contributed by atoms with Gasteiger partial charge in [-0.1, -0.05) is 0 Å². The minimum Gasteiger partial charge on any atom is -0.385 e. The number of hydrazine groups is 1. The zero-order valence-corrected chi connectivity index (χ0v) is 5.52. The summed E-state index contributed by atoms with van der Waals surface area (Å²) in [6.07, 6.45) is 0. The van der Waals surface area contributed by atoms with Crippen molar-refractivity contribution in [3.05, 3.63) is 17.6 Å². The van der Waals surface area contributed by atoms with E-state index in [2.05, 4.69) is 4.98 Å². The quantitative estimate of drug-likeness (QED) is 0.248. The van der Waals surface area contributed by atoms with Crippen molar-refractivity contribution >= 4 is 11.7 Å². The second-order valence-electron chi connectivity index (χ2n) is 1.92. The number of carbonyl (C=O) groups excluding carboxylic acids is 1. The van der Waals surface area contributed by atoms with Crippen molar-refractivity contribution in [1.82, 2.24) is 10.4 Å². The molecule has 0 aliphatic heterocycles. The first-order valence-electron chi connectivity index (χ1n) is 2.80. The molecule has 0 unspecified atom stereocenters. The van der Waals surface area contributed by atoms with Gasteiger partial charge in [0, 0.05) is 6.07 Å². The third-order valence-electron chi connectivity index (χ3n) is 1.19. The van der Waals surface area contributed by atoms with Crippen LogP contribution in [0, 0.1) is 5.95 Å². The summed E-state index contributed by atoms with van der Waals surface area (Å²) in [5, 5.41) is 0.